The van der Waals surface area contributed by atoms with E-state index in [1.54, 1.807) is 4.90 Å². The van der Waals surface area contributed by atoms with E-state index in [0.717, 1.165) is 30.8 Å². The van der Waals surface area contributed by atoms with Crippen LogP contribution in [0.1, 0.15) is 53.6 Å². The molecule has 3 heterocycles. The average molecular weight is 382 g/mol. The number of hydrogen-bond donors (Lipinski definition) is 3. The van der Waals surface area contributed by atoms with Gasteiger partial charge in [0, 0.05) is 44.2 Å². The van der Waals surface area contributed by atoms with E-state index in [1.807, 2.05) is 12.1 Å². The number of fused-ring (bicyclic) bond motifs is 1. The van der Waals surface area contributed by atoms with Gasteiger partial charge in [-0.05, 0) is 41.9 Å². The molecule has 2 unspecified atom stereocenters. The summed E-state index contributed by atoms with van der Waals surface area (Å²) in [6, 6.07) is 5.75. The smallest absolute Gasteiger partial charge is 0.255 e. The topological polar surface area (TPSA) is 90.5 Å². The summed E-state index contributed by atoms with van der Waals surface area (Å²) in [5.74, 6) is -0.726. The second-order valence-corrected chi connectivity index (χ2v) is 8.62. The molecule has 1 saturated carbocycles. The lowest BCUT2D eigenvalue weighted by Gasteiger charge is -2.43. The highest BCUT2D eigenvalue weighted by atomic mass is 16.2. The van der Waals surface area contributed by atoms with Gasteiger partial charge in [0.05, 0.1) is 0 Å². The molecule has 28 heavy (non-hydrogen) atoms. The summed E-state index contributed by atoms with van der Waals surface area (Å²) >= 11 is 0. The molecule has 0 aromatic heterocycles. The number of hydrogen-bond acceptors (Lipinski definition) is 5. The van der Waals surface area contributed by atoms with Crippen molar-refractivity contribution in [3.8, 4) is 0 Å². The van der Waals surface area contributed by atoms with Gasteiger partial charge in [0.15, 0.2) is 0 Å². The van der Waals surface area contributed by atoms with Gasteiger partial charge in [-0.3, -0.25) is 19.7 Å². The van der Waals surface area contributed by atoms with Crippen molar-refractivity contribution in [1.82, 2.24) is 20.9 Å². The van der Waals surface area contributed by atoms with E-state index in [9.17, 15) is 14.4 Å². The van der Waals surface area contributed by atoms with Crippen molar-refractivity contribution in [2.45, 2.75) is 57.3 Å². The van der Waals surface area contributed by atoms with Crippen LogP contribution in [-0.4, -0.2) is 47.8 Å². The molecule has 1 aromatic carbocycles. The van der Waals surface area contributed by atoms with Crippen molar-refractivity contribution in [3.63, 3.8) is 0 Å². The number of nitrogens with one attached hydrogen (secondary N) is 3. The predicted octanol–water partition coefficient (Wildman–Crippen LogP) is 0.679. The molecule has 7 nitrogen and oxygen atoms in total. The Balaban J connectivity index is 1.32. The molecule has 2 saturated heterocycles. The van der Waals surface area contributed by atoms with E-state index in [2.05, 4.69) is 22.0 Å². The van der Waals surface area contributed by atoms with Gasteiger partial charge in [-0.1, -0.05) is 18.6 Å². The monoisotopic (exact) mass is 382 g/mol. The highest BCUT2D eigenvalue weighted by Gasteiger charge is 2.47. The van der Waals surface area contributed by atoms with Gasteiger partial charge >= 0.3 is 0 Å². The van der Waals surface area contributed by atoms with E-state index in [1.165, 1.54) is 19.3 Å². The molecule has 0 bridgehead atoms. The number of piperidine rings is 1. The van der Waals surface area contributed by atoms with Crippen LogP contribution < -0.4 is 16.0 Å². The number of rotatable bonds is 4. The van der Waals surface area contributed by atoms with Crippen LogP contribution in [0, 0.1) is 5.41 Å². The average Bonchev–Trinajstić information content (AvgIpc) is 3.22. The molecule has 148 valence electrons. The van der Waals surface area contributed by atoms with Gasteiger partial charge in [-0.25, -0.2) is 0 Å². The van der Waals surface area contributed by atoms with E-state index in [-0.39, 0.29) is 24.1 Å². The standard InChI is InChI=1S/C21H26N4O3/c26-18-6-5-16(19(27)24-18)25-11-15-13(3-1-4-14(15)20(25)28)9-23-17-10-22-12-21(17)7-2-8-21/h1,3-4,16-17,22-23H,2,5-12H2,(H,24,26,27). The van der Waals surface area contributed by atoms with Crippen molar-refractivity contribution in [2.24, 2.45) is 5.41 Å². The predicted molar refractivity (Wildman–Crippen MR) is 102 cm³/mol. The first-order valence-electron chi connectivity index (χ1n) is 10.3. The van der Waals surface area contributed by atoms with Crippen LogP contribution in [0.15, 0.2) is 18.2 Å². The number of carbonyl (C=O) groups excluding carboxylic acids is 3. The number of amides is 3. The van der Waals surface area contributed by atoms with Gasteiger partial charge in [0.2, 0.25) is 11.8 Å². The minimum Gasteiger partial charge on any atom is -0.322 e. The summed E-state index contributed by atoms with van der Waals surface area (Å²) in [6.45, 7) is 3.26. The van der Waals surface area contributed by atoms with Crippen LogP contribution in [0.4, 0.5) is 0 Å². The molecule has 7 heteroatoms. The van der Waals surface area contributed by atoms with E-state index in [0.29, 0.717) is 30.0 Å². The maximum Gasteiger partial charge on any atom is 0.255 e. The van der Waals surface area contributed by atoms with Crippen LogP contribution >= 0.6 is 0 Å². The molecule has 1 spiro atoms. The quantitative estimate of drug-likeness (QED) is 0.667. The molecule has 2 atom stereocenters. The zero-order valence-electron chi connectivity index (χ0n) is 15.9. The molecule has 1 aromatic rings. The van der Waals surface area contributed by atoms with Crippen molar-refractivity contribution in [1.29, 1.82) is 0 Å². The van der Waals surface area contributed by atoms with Crippen LogP contribution in [0.25, 0.3) is 0 Å². The first-order valence-corrected chi connectivity index (χ1v) is 10.3. The molecule has 3 aliphatic heterocycles. The Bertz CT molecular complexity index is 848. The second-order valence-electron chi connectivity index (χ2n) is 8.62. The van der Waals surface area contributed by atoms with Gasteiger partial charge in [-0.15, -0.1) is 0 Å². The molecule has 5 rings (SSSR count). The molecular formula is C21H26N4O3. The third kappa shape index (κ3) is 2.76. The third-order valence-corrected chi connectivity index (χ3v) is 7.13. The molecule has 1 aliphatic carbocycles. The molecule has 3 fully saturated rings. The number of benzene rings is 1. The Morgan fingerprint density at radius 1 is 1.21 bits per heavy atom. The molecular weight excluding hydrogens is 356 g/mol. The first-order chi connectivity index (χ1) is 13.6. The SMILES string of the molecule is O=C1CCC(N2Cc3c(CNC4CNCC45CCC5)cccc3C2=O)C(=O)N1. The Morgan fingerprint density at radius 2 is 2.07 bits per heavy atom. The van der Waals surface area contributed by atoms with Gasteiger partial charge < -0.3 is 15.5 Å². The molecule has 3 N–H and O–H groups in total. The molecule has 4 aliphatic rings. The summed E-state index contributed by atoms with van der Waals surface area (Å²) in [6.07, 6.45) is 4.56. The minimum absolute atomic E-state index is 0.107. The lowest BCUT2D eigenvalue weighted by molar-refractivity contribution is -0.136. The van der Waals surface area contributed by atoms with Crippen LogP contribution in [0.5, 0.6) is 0 Å². The highest BCUT2D eigenvalue weighted by molar-refractivity contribution is 6.05. The summed E-state index contributed by atoms with van der Waals surface area (Å²) in [5.41, 5.74) is 3.24. The Kier molecular flexibility index (Phi) is 4.25. The third-order valence-electron chi connectivity index (χ3n) is 7.13. The van der Waals surface area contributed by atoms with Crippen LogP contribution in [0.2, 0.25) is 0 Å². The number of imide groups is 1. The lowest BCUT2D eigenvalue weighted by atomic mass is 9.65. The van der Waals surface area contributed by atoms with Gasteiger partial charge in [-0.2, -0.15) is 0 Å². The Hall–Kier alpha value is -2.25. The zero-order chi connectivity index (χ0) is 19.3. The zero-order valence-corrected chi connectivity index (χ0v) is 15.9. The van der Waals surface area contributed by atoms with Gasteiger partial charge in [0.25, 0.3) is 5.91 Å². The number of nitrogens with zero attached hydrogens (tertiary/aromatic N) is 1. The van der Waals surface area contributed by atoms with Crippen molar-refractivity contribution < 1.29 is 14.4 Å². The largest absolute Gasteiger partial charge is 0.322 e. The fourth-order valence-electron chi connectivity index (χ4n) is 5.30. The van der Waals surface area contributed by atoms with E-state index >= 15 is 0 Å². The van der Waals surface area contributed by atoms with Crippen LogP contribution in [0.3, 0.4) is 0 Å². The Morgan fingerprint density at radius 3 is 2.82 bits per heavy atom. The fourth-order valence-corrected chi connectivity index (χ4v) is 5.30. The second kappa shape index (κ2) is 6.67. The van der Waals surface area contributed by atoms with E-state index in [4.69, 9.17) is 0 Å². The maximum atomic E-state index is 12.9. The normalized spacial score (nSPS) is 28.4. The minimum atomic E-state index is -0.560. The summed E-state index contributed by atoms with van der Waals surface area (Å²) < 4.78 is 0. The first kappa shape index (κ1) is 17.8. The number of carbonyl (C=O) groups is 3. The van der Waals surface area contributed by atoms with E-state index < -0.39 is 6.04 Å². The van der Waals surface area contributed by atoms with Crippen LogP contribution in [-0.2, 0) is 22.7 Å². The van der Waals surface area contributed by atoms with Gasteiger partial charge in [0.1, 0.15) is 6.04 Å². The maximum absolute atomic E-state index is 12.9. The lowest BCUT2D eigenvalue weighted by Crippen LogP contribution is -2.52. The van der Waals surface area contributed by atoms with Crippen molar-refractivity contribution >= 4 is 17.7 Å². The summed E-state index contributed by atoms with van der Waals surface area (Å²) in [7, 11) is 0. The fraction of sp³-hybridized carbons (Fsp3) is 0.571. The summed E-state index contributed by atoms with van der Waals surface area (Å²) in [5, 5.41) is 9.61. The molecule has 0 radical (unpaired) electrons. The molecule has 3 amide bonds. The highest BCUT2D eigenvalue weighted by Crippen LogP contribution is 2.45. The van der Waals surface area contributed by atoms with Crippen molar-refractivity contribution in [3.05, 3.63) is 34.9 Å². The van der Waals surface area contributed by atoms with Crippen molar-refractivity contribution in [2.75, 3.05) is 13.1 Å². The Labute approximate surface area is 164 Å². The summed E-state index contributed by atoms with van der Waals surface area (Å²) in [4.78, 5) is 38.2.